The molecule has 0 radical (unpaired) electrons. The minimum atomic E-state index is 0. The van der Waals surface area contributed by atoms with Crippen LogP contribution in [0.25, 0.3) is 0 Å². The molecule has 0 aromatic carbocycles. The Morgan fingerprint density at radius 1 is 1.05 bits per heavy atom. The van der Waals surface area contributed by atoms with E-state index in [9.17, 15) is 0 Å². The molecule has 0 bridgehead atoms. The third kappa shape index (κ3) is 8.04. The van der Waals surface area contributed by atoms with Gasteiger partial charge in [0.2, 0.25) is 0 Å². The molecule has 0 aromatic rings. The average Bonchev–Trinajstić information content (AvgIpc) is 3.10. The van der Waals surface area contributed by atoms with Crippen molar-refractivity contribution in [1.29, 1.82) is 0 Å². The molecule has 0 aromatic heterocycles. The monoisotopic (exact) mass is 467 g/mol. The van der Waals surface area contributed by atoms with Crippen LogP contribution >= 0.6 is 0 Å². The second-order valence-corrected chi connectivity index (χ2v) is 4.70. The van der Waals surface area contributed by atoms with E-state index in [1.807, 2.05) is 20.1 Å². The number of likely N-dealkylation sites (N-methyl/N-ethyl adjacent to an activating group) is 1. The third-order valence-corrected chi connectivity index (χ3v) is 3.31. The van der Waals surface area contributed by atoms with Gasteiger partial charge in [-0.15, -0.1) is 0 Å². The molecule has 0 spiro atoms. The second kappa shape index (κ2) is 13.4. The van der Waals surface area contributed by atoms with E-state index in [2.05, 4.69) is 18.0 Å². The minimum Gasteiger partial charge on any atom is -0.497 e. The van der Waals surface area contributed by atoms with Gasteiger partial charge >= 0.3 is 0 Å². The zero-order valence-corrected chi connectivity index (χ0v) is 16.5. The van der Waals surface area contributed by atoms with Gasteiger partial charge < -0.3 is 19.1 Å². The van der Waals surface area contributed by atoms with Crippen molar-refractivity contribution in [3.05, 3.63) is 23.6 Å². The standard InChI is InChI=1S/C11H17NO.C3H6O2.C2H6.W/c1-12-7-8-13-9-11(12)10-5-3-2-4-6-10;1-2-5-3-4-1;1-2;/h5,9H,2-4,6-8H2,1H3;1-3H2;1-2H3;. The molecular weight excluding hydrogens is 438 g/mol. The Morgan fingerprint density at radius 3 is 2.24 bits per heavy atom. The summed E-state index contributed by atoms with van der Waals surface area (Å²) in [4.78, 5) is 2.29. The summed E-state index contributed by atoms with van der Waals surface area (Å²) < 4.78 is 14.8. The van der Waals surface area contributed by atoms with Gasteiger partial charge in [0.25, 0.3) is 0 Å². The maximum absolute atomic E-state index is 5.36. The predicted octanol–water partition coefficient (Wildman–Crippen LogP) is 3.30. The fourth-order valence-corrected chi connectivity index (χ4v) is 2.22. The van der Waals surface area contributed by atoms with E-state index in [1.165, 1.54) is 37.0 Å². The zero-order valence-electron chi connectivity index (χ0n) is 13.6. The van der Waals surface area contributed by atoms with Gasteiger partial charge in [0, 0.05) is 28.1 Å². The average molecular weight is 467 g/mol. The zero-order chi connectivity index (χ0) is 14.6. The van der Waals surface area contributed by atoms with Crippen molar-refractivity contribution in [1.82, 2.24) is 4.90 Å². The predicted molar refractivity (Wildman–Crippen MR) is 81.3 cm³/mol. The van der Waals surface area contributed by atoms with Crippen LogP contribution in [0.4, 0.5) is 0 Å². The molecule has 0 atom stereocenters. The quantitative estimate of drug-likeness (QED) is 0.593. The van der Waals surface area contributed by atoms with Crippen LogP contribution in [0.15, 0.2) is 23.6 Å². The summed E-state index contributed by atoms with van der Waals surface area (Å²) in [6.45, 7) is 7.90. The molecule has 0 unspecified atom stereocenters. The molecule has 1 saturated heterocycles. The molecule has 3 rings (SSSR count). The first-order chi connectivity index (χ1) is 9.88. The van der Waals surface area contributed by atoms with Gasteiger partial charge in [-0.1, -0.05) is 19.9 Å². The molecule has 0 N–H and O–H groups in total. The van der Waals surface area contributed by atoms with Gasteiger partial charge in [-0.3, -0.25) is 0 Å². The normalized spacial score (nSPS) is 20.4. The van der Waals surface area contributed by atoms with Gasteiger partial charge in [0.1, 0.15) is 19.7 Å². The van der Waals surface area contributed by atoms with E-state index in [1.54, 1.807) is 0 Å². The van der Waals surface area contributed by atoms with Crippen LogP contribution in [0.3, 0.4) is 0 Å². The Labute approximate surface area is 143 Å². The first-order valence-corrected chi connectivity index (χ1v) is 7.76. The van der Waals surface area contributed by atoms with Crippen LogP contribution in [0.1, 0.15) is 39.5 Å². The second-order valence-electron chi connectivity index (χ2n) is 4.70. The molecule has 1 fully saturated rings. The molecular formula is C16H29NO3W. The van der Waals surface area contributed by atoms with Crippen LogP contribution in [0.2, 0.25) is 0 Å². The maximum Gasteiger partial charge on any atom is 0.146 e. The minimum absolute atomic E-state index is 0. The topological polar surface area (TPSA) is 30.9 Å². The Balaban J connectivity index is 0.000000423. The fraction of sp³-hybridized carbons (Fsp3) is 0.750. The van der Waals surface area contributed by atoms with E-state index in [4.69, 9.17) is 14.2 Å². The Kier molecular flexibility index (Phi) is 13.2. The number of nitrogens with zero attached hydrogens (tertiary/aromatic N) is 1. The first-order valence-electron chi connectivity index (χ1n) is 7.76. The van der Waals surface area contributed by atoms with Crippen molar-refractivity contribution in [3.63, 3.8) is 0 Å². The van der Waals surface area contributed by atoms with Crippen LogP contribution in [0, 0.1) is 0 Å². The van der Waals surface area contributed by atoms with E-state index in [0.29, 0.717) is 6.79 Å². The van der Waals surface area contributed by atoms with E-state index >= 15 is 0 Å². The van der Waals surface area contributed by atoms with Crippen molar-refractivity contribution in [2.75, 3.05) is 40.2 Å². The number of hydrogen-bond acceptors (Lipinski definition) is 4. The Bertz CT molecular complexity index is 307. The summed E-state index contributed by atoms with van der Waals surface area (Å²) in [7, 11) is 2.14. The van der Waals surface area contributed by atoms with E-state index < -0.39 is 0 Å². The molecule has 4 nitrogen and oxygen atoms in total. The molecule has 0 saturated carbocycles. The van der Waals surface area contributed by atoms with Crippen LogP contribution in [0.5, 0.6) is 0 Å². The molecule has 3 aliphatic rings. The fourth-order valence-electron chi connectivity index (χ4n) is 2.22. The maximum atomic E-state index is 5.36. The third-order valence-electron chi connectivity index (χ3n) is 3.31. The number of allylic oxidation sites excluding steroid dienone is 2. The smallest absolute Gasteiger partial charge is 0.146 e. The summed E-state index contributed by atoms with van der Waals surface area (Å²) in [5.41, 5.74) is 2.78. The molecule has 2 aliphatic heterocycles. The van der Waals surface area contributed by atoms with Crippen LogP contribution in [-0.4, -0.2) is 45.1 Å². The summed E-state index contributed by atoms with van der Waals surface area (Å²) >= 11 is 0. The molecule has 1 aliphatic carbocycles. The van der Waals surface area contributed by atoms with Crippen molar-refractivity contribution in [3.8, 4) is 0 Å². The summed E-state index contributed by atoms with van der Waals surface area (Å²) in [5, 5.41) is 0. The number of rotatable bonds is 1. The number of ether oxygens (including phenoxy) is 3. The summed E-state index contributed by atoms with van der Waals surface area (Å²) in [6.07, 6.45) is 9.42. The van der Waals surface area contributed by atoms with Crippen molar-refractivity contribution >= 4 is 0 Å². The van der Waals surface area contributed by atoms with Crippen LogP contribution in [-0.2, 0) is 35.3 Å². The molecule has 21 heavy (non-hydrogen) atoms. The van der Waals surface area contributed by atoms with Crippen molar-refractivity contribution in [2.45, 2.75) is 39.5 Å². The summed E-state index contributed by atoms with van der Waals surface area (Å²) in [6, 6.07) is 0. The van der Waals surface area contributed by atoms with Gasteiger partial charge in [-0.2, -0.15) is 0 Å². The molecule has 2 heterocycles. The van der Waals surface area contributed by atoms with Gasteiger partial charge in [-0.25, -0.2) is 0 Å². The number of hydrogen-bond donors (Lipinski definition) is 0. The molecule has 5 heteroatoms. The Hall–Kier alpha value is -0.312. The molecule has 122 valence electrons. The summed E-state index contributed by atoms with van der Waals surface area (Å²) in [5.74, 6) is 0. The van der Waals surface area contributed by atoms with Crippen LogP contribution < -0.4 is 0 Å². The van der Waals surface area contributed by atoms with E-state index in [0.717, 1.165) is 26.4 Å². The first kappa shape index (κ1) is 20.7. The Morgan fingerprint density at radius 2 is 1.76 bits per heavy atom. The van der Waals surface area contributed by atoms with Gasteiger partial charge in [-0.05, 0) is 31.3 Å². The van der Waals surface area contributed by atoms with Crippen molar-refractivity contribution < 1.29 is 35.3 Å². The SMILES string of the molecule is C1COCO1.CC.CN1CCOC=C1C1=CCCCC1.[W]. The van der Waals surface area contributed by atoms with E-state index in [-0.39, 0.29) is 21.1 Å². The van der Waals surface area contributed by atoms with Gasteiger partial charge in [0.05, 0.1) is 25.5 Å². The van der Waals surface area contributed by atoms with Gasteiger partial charge in [0.15, 0.2) is 0 Å². The molecule has 0 amide bonds. The van der Waals surface area contributed by atoms with Crippen molar-refractivity contribution in [2.24, 2.45) is 0 Å². The largest absolute Gasteiger partial charge is 0.497 e.